The third-order valence-electron chi connectivity index (χ3n) is 3.22. The smallest absolute Gasteiger partial charge is 0.328 e. The van der Waals surface area contributed by atoms with Gasteiger partial charge in [-0.05, 0) is 0 Å². The molecule has 1 fully saturated rings. The number of carbonyl (C=O) groups excluding carboxylic acids is 1. The monoisotopic (exact) mass is 267 g/mol. The summed E-state index contributed by atoms with van der Waals surface area (Å²) in [5.74, 6) is -0.239. The van der Waals surface area contributed by atoms with Crippen LogP contribution >= 0.6 is 0 Å². The topological polar surface area (TPSA) is 93.2 Å². The zero-order valence-corrected chi connectivity index (χ0v) is 11.0. The molecule has 0 unspecified atom stereocenters. The molecule has 0 aliphatic carbocycles. The minimum Gasteiger partial charge on any atom is -0.380 e. The lowest BCUT2D eigenvalue weighted by atomic mass is 9.89. The van der Waals surface area contributed by atoms with E-state index in [9.17, 15) is 14.4 Å². The Morgan fingerprint density at radius 3 is 2.79 bits per heavy atom. The number of rotatable bonds is 4. The van der Waals surface area contributed by atoms with Gasteiger partial charge in [-0.3, -0.25) is 14.2 Å². The van der Waals surface area contributed by atoms with Gasteiger partial charge < -0.3 is 15.0 Å². The van der Waals surface area contributed by atoms with E-state index in [-0.39, 0.29) is 23.3 Å². The van der Waals surface area contributed by atoms with Gasteiger partial charge in [0.15, 0.2) is 0 Å². The second-order valence-corrected chi connectivity index (χ2v) is 5.24. The van der Waals surface area contributed by atoms with Crippen LogP contribution in [0.1, 0.15) is 12.5 Å². The molecule has 0 aromatic carbocycles. The van der Waals surface area contributed by atoms with E-state index in [1.807, 2.05) is 6.92 Å². The molecule has 7 nitrogen and oxygen atoms in total. The summed E-state index contributed by atoms with van der Waals surface area (Å²) >= 11 is 0. The Morgan fingerprint density at radius 1 is 1.53 bits per heavy atom. The molecule has 1 aromatic heterocycles. The third-order valence-corrected chi connectivity index (χ3v) is 3.22. The molecular formula is C12H17N3O4. The van der Waals surface area contributed by atoms with Gasteiger partial charge in [0, 0.05) is 30.8 Å². The van der Waals surface area contributed by atoms with Gasteiger partial charge in [-0.1, -0.05) is 6.92 Å². The normalized spacial score (nSPS) is 16.7. The number of H-pyrrole nitrogens is 1. The molecule has 0 saturated carbocycles. The first-order chi connectivity index (χ1) is 8.91. The molecule has 1 saturated heterocycles. The summed E-state index contributed by atoms with van der Waals surface area (Å²) in [6.45, 7) is 3.81. The highest BCUT2D eigenvalue weighted by Crippen LogP contribution is 2.24. The largest absolute Gasteiger partial charge is 0.380 e. The van der Waals surface area contributed by atoms with Crippen molar-refractivity contribution >= 4 is 5.91 Å². The van der Waals surface area contributed by atoms with Crippen molar-refractivity contribution in [2.75, 3.05) is 19.8 Å². The number of aromatic nitrogens is 2. The van der Waals surface area contributed by atoms with Gasteiger partial charge >= 0.3 is 5.69 Å². The van der Waals surface area contributed by atoms with Crippen molar-refractivity contribution in [1.29, 1.82) is 0 Å². The Bertz CT molecular complexity index is 598. The predicted octanol–water partition coefficient (Wildman–Crippen LogP) is -1.23. The van der Waals surface area contributed by atoms with Crippen LogP contribution in [0.15, 0.2) is 15.8 Å². The van der Waals surface area contributed by atoms with Gasteiger partial charge in [0.2, 0.25) is 5.91 Å². The van der Waals surface area contributed by atoms with Crippen LogP contribution in [0.4, 0.5) is 0 Å². The van der Waals surface area contributed by atoms with Crippen LogP contribution < -0.4 is 16.6 Å². The Balaban J connectivity index is 1.97. The van der Waals surface area contributed by atoms with Crippen molar-refractivity contribution in [3.63, 3.8) is 0 Å². The summed E-state index contributed by atoms with van der Waals surface area (Å²) in [6, 6.07) is 0. The highest BCUT2D eigenvalue weighted by Gasteiger charge is 2.33. The minimum absolute atomic E-state index is 0.00831. The van der Waals surface area contributed by atoms with Crippen molar-refractivity contribution in [1.82, 2.24) is 14.9 Å². The predicted molar refractivity (Wildman–Crippen MR) is 67.9 cm³/mol. The molecule has 1 aliphatic rings. The fourth-order valence-corrected chi connectivity index (χ4v) is 1.84. The molecule has 0 spiro atoms. The van der Waals surface area contributed by atoms with Gasteiger partial charge in [0.05, 0.1) is 19.6 Å². The SMILES string of the molecule is Cn1c(=O)[nH]cc(CC(=O)NCC2(C)COC2)c1=O. The first-order valence-corrected chi connectivity index (χ1v) is 6.03. The third kappa shape index (κ3) is 2.93. The summed E-state index contributed by atoms with van der Waals surface area (Å²) in [4.78, 5) is 37.1. The number of nitrogens with zero attached hydrogens (tertiary/aromatic N) is 1. The molecule has 19 heavy (non-hydrogen) atoms. The van der Waals surface area contributed by atoms with Crippen LogP contribution in [0.3, 0.4) is 0 Å². The number of nitrogens with one attached hydrogen (secondary N) is 2. The van der Waals surface area contributed by atoms with E-state index in [1.165, 1.54) is 13.2 Å². The zero-order chi connectivity index (χ0) is 14.0. The fourth-order valence-electron chi connectivity index (χ4n) is 1.84. The number of aromatic amines is 1. The molecule has 7 heteroatoms. The number of hydrogen-bond donors (Lipinski definition) is 2. The molecule has 2 heterocycles. The van der Waals surface area contributed by atoms with Gasteiger partial charge in [-0.2, -0.15) is 0 Å². The van der Waals surface area contributed by atoms with E-state index >= 15 is 0 Å². The second-order valence-electron chi connectivity index (χ2n) is 5.24. The summed E-state index contributed by atoms with van der Waals surface area (Å²) in [6.07, 6.45) is 1.25. The van der Waals surface area contributed by atoms with Crippen molar-refractivity contribution in [2.45, 2.75) is 13.3 Å². The van der Waals surface area contributed by atoms with Crippen LogP contribution in [0.5, 0.6) is 0 Å². The lowest BCUT2D eigenvalue weighted by Gasteiger charge is -2.38. The van der Waals surface area contributed by atoms with Crippen molar-refractivity contribution in [2.24, 2.45) is 12.5 Å². The highest BCUT2D eigenvalue weighted by atomic mass is 16.5. The van der Waals surface area contributed by atoms with Crippen LogP contribution in [0.2, 0.25) is 0 Å². The summed E-state index contributed by atoms with van der Waals surface area (Å²) in [5, 5.41) is 2.78. The summed E-state index contributed by atoms with van der Waals surface area (Å²) < 4.78 is 6.04. The minimum atomic E-state index is -0.492. The zero-order valence-electron chi connectivity index (χ0n) is 11.0. The van der Waals surface area contributed by atoms with Crippen molar-refractivity contribution < 1.29 is 9.53 Å². The van der Waals surface area contributed by atoms with E-state index in [0.29, 0.717) is 19.8 Å². The lowest BCUT2D eigenvalue weighted by molar-refractivity contribution is -0.126. The van der Waals surface area contributed by atoms with E-state index in [0.717, 1.165) is 4.57 Å². The quantitative estimate of drug-likeness (QED) is 0.714. The van der Waals surface area contributed by atoms with E-state index in [1.54, 1.807) is 0 Å². The first-order valence-electron chi connectivity index (χ1n) is 6.03. The molecule has 1 aromatic rings. The summed E-state index contributed by atoms with van der Waals surface area (Å²) in [5.41, 5.74) is -0.675. The van der Waals surface area contributed by atoms with Crippen LogP contribution in [-0.2, 0) is 23.0 Å². The number of amides is 1. The highest BCUT2D eigenvalue weighted by molar-refractivity contribution is 5.78. The van der Waals surface area contributed by atoms with Crippen LogP contribution in [0.25, 0.3) is 0 Å². The maximum atomic E-state index is 11.8. The van der Waals surface area contributed by atoms with Gasteiger partial charge in [0.25, 0.3) is 5.56 Å². The molecule has 0 atom stereocenters. The van der Waals surface area contributed by atoms with E-state index < -0.39 is 11.2 Å². The van der Waals surface area contributed by atoms with Gasteiger partial charge in [-0.25, -0.2) is 4.79 Å². The Hall–Kier alpha value is -1.89. The average Bonchev–Trinajstić information content (AvgIpc) is 2.35. The average molecular weight is 267 g/mol. The second kappa shape index (κ2) is 5.00. The van der Waals surface area contributed by atoms with Gasteiger partial charge in [-0.15, -0.1) is 0 Å². The number of hydrogen-bond acceptors (Lipinski definition) is 4. The molecule has 0 radical (unpaired) electrons. The molecule has 2 N–H and O–H groups in total. The lowest BCUT2D eigenvalue weighted by Crippen LogP contribution is -2.49. The number of carbonyl (C=O) groups is 1. The maximum Gasteiger partial charge on any atom is 0.328 e. The Labute approximate surface area is 109 Å². The molecule has 1 amide bonds. The molecular weight excluding hydrogens is 250 g/mol. The van der Waals surface area contributed by atoms with Crippen molar-refractivity contribution in [3.8, 4) is 0 Å². The Morgan fingerprint density at radius 2 is 2.21 bits per heavy atom. The van der Waals surface area contributed by atoms with E-state index in [2.05, 4.69) is 10.3 Å². The molecule has 104 valence electrons. The van der Waals surface area contributed by atoms with Crippen LogP contribution in [0, 0.1) is 5.41 Å². The number of ether oxygens (including phenoxy) is 1. The fraction of sp³-hybridized carbons (Fsp3) is 0.583. The molecule has 0 bridgehead atoms. The van der Waals surface area contributed by atoms with Crippen molar-refractivity contribution in [3.05, 3.63) is 32.6 Å². The van der Waals surface area contributed by atoms with E-state index in [4.69, 9.17) is 4.74 Å². The summed E-state index contributed by atoms with van der Waals surface area (Å²) in [7, 11) is 1.37. The van der Waals surface area contributed by atoms with Gasteiger partial charge in [0.1, 0.15) is 0 Å². The first kappa shape index (κ1) is 13.5. The molecule has 1 aliphatic heterocycles. The standard InChI is InChI=1S/C12H17N3O4/c1-12(6-19-7-12)5-14-9(16)3-8-4-13-11(18)15(2)10(8)17/h4H,3,5-7H2,1-2H3,(H,13,18)(H,14,16). The maximum absolute atomic E-state index is 11.8. The van der Waals surface area contributed by atoms with Crippen LogP contribution in [-0.4, -0.2) is 35.2 Å². The Kier molecular flexibility index (Phi) is 3.57. The molecule has 2 rings (SSSR count).